The molecule has 1 rings (SSSR count). The molecule has 1 aromatic rings. The lowest BCUT2D eigenvalue weighted by Crippen LogP contribution is -2.07. The van der Waals surface area contributed by atoms with Gasteiger partial charge in [-0.15, -0.1) is 0 Å². The Bertz CT molecular complexity index is 347. The summed E-state index contributed by atoms with van der Waals surface area (Å²) in [5, 5.41) is 8.64. The predicted octanol–water partition coefficient (Wildman–Crippen LogP) is 2.15. The number of hydrogen-bond donors (Lipinski definition) is 0. The highest BCUT2D eigenvalue weighted by Gasteiger charge is 1.96. The van der Waals surface area contributed by atoms with Gasteiger partial charge in [0.25, 0.3) is 0 Å². The number of nitrogens with zero attached hydrogens (tertiary/aromatic N) is 2. The first-order valence-corrected chi connectivity index (χ1v) is 5.43. The van der Waals surface area contributed by atoms with Crippen LogP contribution in [0.5, 0.6) is 5.75 Å². The average Bonchev–Trinajstić information content (AvgIpc) is 2.34. The average molecular weight is 220 g/mol. The maximum Gasteiger partial charge on any atom is 0.144 e. The molecule has 0 saturated heterocycles. The van der Waals surface area contributed by atoms with Crippen molar-refractivity contribution in [3.05, 3.63) is 24.0 Å². The van der Waals surface area contributed by atoms with Crippen molar-refractivity contribution in [3.63, 3.8) is 0 Å². The van der Waals surface area contributed by atoms with E-state index < -0.39 is 0 Å². The molecule has 4 nitrogen and oxygen atoms in total. The van der Waals surface area contributed by atoms with E-state index in [0.717, 1.165) is 19.4 Å². The first-order valence-electron chi connectivity index (χ1n) is 5.43. The monoisotopic (exact) mass is 220 g/mol. The van der Waals surface area contributed by atoms with E-state index in [2.05, 4.69) is 11.9 Å². The van der Waals surface area contributed by atoms with Crippen molar-refractivity contribution in [2.75, 3.05) is 19.8 Å². The van der Waals surface area contributed by atoms with Crippen LogP contribution in [0.15, 0.2) is 18.3 Å². The molecule has 0 amide bonds. The van der Waals surface area contributed by atoms with E-state index in [4.69, 9.17) is 14.7 Å². The molecule has 0 aliphatic rings. The lowest BCUT2D eigenvalue weighted by Gasteiger charge is -2.06. The van der Waals surface area contributed by atoms with E-state index in [1.54, 1.807) is 18.3 Å². The SMILES string of the molecule is CCCCOCCOc1ccnc(C#N)c1. The van der Waals surface area contributed by atoms with Crippen molar-refractivity contribution < 1.29 is 9.47 Å². The molecule has 0 spiro atoms. The lowest BCUT2D eigenvalue weighted by atomic mass is 10.3. The minimum Gasteiger partial charge on any atom is -0.491 e. The van der Waals surface area contributed by atoms with Crippen molar-refractivity contribution in [2.24, 2.45) is 0 Å². The predicted molar refractivity (Wildman–Crippen MR) is 60.2 cm³/mol. The Kier molecular flexibility index (Phi) is 5.97. The topological polar surface area (TPSA) is 55.1 Å². The molecule has 0 unspecified atom stereocenters. The molecular formula is C12H16N2O2. The highest BCUT2D eigenvalue weighted by molar-refractivity contribution is 5.29. The number of nitriles is 1. The zero-order chi connectivity index (χ0) is 11.6. The molecule has 4 heteroatoms. The first-order chi connectivity index (χ1) is 7.86. The van der Waals surface area contributed by atoms with Crippen LogP contribution < -0.4 is 4.74 Å². The van der Waals surface area contributed by atoms with Crippen molar-refractivity contribution in [3.8, 4) is 11.8 Å². The summed E-state index contributed by atoms with van der Waals surface area (Å²) in [5.41, 5.74) is 0.365. The summed E-state index contributed by atoms with van der Waals surface area (Å²) in [7, 11) is 0. The van der Waals surface area contributed by atoms with Crippen LogP contribution in [-0.2, 0) is 4.74 Å². The number of ether oxygens (including phenoxy) is 2. The molecule has 0 N–H and O–H groups in total. The Labute approximate surface area is 95.8 Å². The van der Waals surface area contributed by atoms with Crippen molar-refractivity contribution >= 4 is 0 Å². The maximum absolute atomic E-state index is 8.64. The molecule has 0 saturated carbocycles. The van der Waals surface area contributed by atoms with E-state index in [0.29, 0.717) is 24.7 Å². The van der Waals surface area contributed by atoms with E-state index in [1.807, 2.05) is 6.07 Å². The van der Waals surface area contributed by atoms with Crippen LogP contribution in [0.2, 0.25) is 0 Å². The van der Waals surface area contributed by atoms with Crippen LogP contribution in [-0.4, -0.2) is 24.8 Å². The third kappa shape index (κ3) is 4.76. The Balaban J connectivity index is 2.19. The van der Waals surface area contributed by atoms with Gasteiger partial charge in [0.05, 0.1) is 6.61 Å². The van der Waals surface area contributed by atoms with Crippen LogP contribution in [0.1, 0.15) is 25.5 Å². The quantitative estimate of drug-likeness (QED) is 0.661. The van der Waals surface area contributed by atoms with Gasteiger partial charge in [0.1, 0.15) is 24.1 Å². The van der Waals surface area contributed by atoms with E-state index in [9.17, 15) is 0 Å². The maximum atomic E-state index is 8.64. The highest BCUT2D eigenvalue weighted by Crippen LogP contribution is 2.09. The third-order valence-electron chi connectivity index (χ3n) is 1.98. The standard InChI is InChI=1S/C12H16N2O2/c1-2-3-6-15-7-8-16-12-4-5-14-11(9-12)10-13/h4-5,9H,2-3,6-8H2,1H3. The van der Waals surface area contributed by atoms with Crippen LogP contribution in [0, 0.1) is 11.3 Å². The Morgan fingerprint density at radius 1 is 1.38 bits per heavy atom. The van der Waals surface area contributed by atoms with Gasteiger partial charge in [0.15, 0.2) is 0 Å². The van der Waals surface area contributed by atoms with Crippen LogP contribution >= 0.6 is 0 Å². The largest absolute Gasteiger partial charge is 0.491 e. The van der Waals surface area contributed by atoms with Gasteiger partial charge in [-0.2, -0.15) is 5.26 Å². The van der Waals surface area contributed by atoms with E-state index in [-0.39, 0.29) is 0 Å². The molecule has 0 atom stereocenters. The number of aromatic nitrogens is 1. The van der Waals surface area contributed by atoms with Crippen molar-refractivity contribution in [2.45, 2.75) is 19.8 Å². The molecule has 16 heavy (non-hydrogen) atoms. The molecule has 1 heterocycles. The van der Waals surface area contributed by atoms with Gasteiger partial charge < -0.3 is 9.47 Å². The van der Waals surface area contributed by atoms with Crippen molar-refractivity contribution in [1.29, 1.82) is 5.26 Å². The van der Waals surface area contributed by atoms with Crippen molar-refractivity contribution in [1.82, 2.24) is 4.98 Å². The van der Waals surface area contributed by atoms with Gasteiger partial charge in [-0.25, -0.2) is 4.98 Å². The molecule has 0 aliphatic carbocycles. The fourth-order valence-corrected chi connectivity index (χ4v) is 1.13. The number of rotatable bonds is 7. The molecule has 0 bridgehead atoms. The van der Waals surface area contributed by atoms with Gasteiger partial charge in [0.2, 0.25) is 0 Å². The summed E-state index contributed by atoms with van der Waals surface area (Å²) < 4.78 is 10.8. The molecule has 0 aliphatic heterocycles. The van der Waals surface area contributed by atoms with Crippen LogP contribution in [0.4, 0.5) is 0 Å². The second-order valence-electron chi connectivity index (χ2n) is 3.30. The van der Waals surface area contributed by atoms with Gasteiger partial charge in [0, 0.05) is 18.9 Å². The molecule has 1 aromatic heterocycles. The normalized spacial score (nSPS) is 9.75. The molecule has 0 fully saturated rings. The van der Waals surface area contributed by atoms with E-state index >= 15 is 0 Å². The first kappa shape index (κ1) is 12.5. The minimum absolute atomic E-state index is 0.365. The zero-order valence-corrected chi connectivity index (χ0v) is 9.48. The fourth-order valence-electron chi connectivity index (χ4n) is 1.13. The molecule has 86 valence electrons. The highest BCUT2D eigenvalue weighted by atomic mass is 16.5. The Morgan fingerprint density at radius 2 is 2.25 bits per heavy atom. The summed E-state index contributed by atoms with van der Waals surface area (Å²) in [6.07, 6.45) is 3.77. The molecule has 0 radical (unpaired) electrons. The van der Waals surface area contributed by atoms with E-state index in [1.165, 1.54) is 0 Å². The van der Waals surface area contributed by atoms with Gasteiger partial charge in [-0.05, 0) is 12.5 Å². The second kappa shape index (κ2) is 7.66. The molecular weight excluding hydrogens is 204 g/mol. The van der Waals surface area contributed by atoms with Gasteiger partial charge in [-0.3, -0.25) is 0 Å². The van der Waals surface area contributed by atoms with Gasteiger partial charge in [-0.1, -0.05) is 13.3 Å². The minimum atomic E-state index is 0.365. The third-order valence-corrected chi connectivity index (χ3v) is 1.98. The summed E-state index contributed by atoms with van der Waals surface area (Å²) in [4.78, 5) is 3.85. The molecule has 0 aromatic carbocycles. The fraction of sp³-hybridized carbons (Fsp3) is 0.500. The lowest BCUT2D eigenvalue weighted by molar-refractivity contribution is 0.0980. The summed E-state index contributed by atoms with van der Waals surface area (Å²) >= 11 is 0. The zero-order valence-electron chi connectivity index (χ0n) is 9.48. The van der Waals surface area contributed by atoms with Gasteiger partial charge >= 0.3 is 0 Å². The number of hydrogen-bond acceptors (Lipinski definition) is 4. The number of pyridine rings is 1. The smallest absolute Gasteiger partial charge is 0.144 e. The van der Waals surface area contributed by atoms with Crippen LogP contribution in [0.3, 0.4) is 0 Å². The Morgan fingerprint density at radius 3 is 3.00 bits per heavy atom. The number of unbranched alkanes of at least 4 members (excludes halogenated alkanes) is 1. The summed E-state index contributed by atoms with van der Waals surface area (Å²) in [6.45, 7) is 3.97. The summed E-state index contributed by atoms with van der Waals surface area (Å²) in [5.74, 6) is 0.658. The summed E-state index contributed by atoms with van der Waals surface area (Å²) in [6, 6.07) is 5.31. The second-order valence-corrected chi connectivity index (χ2v) is 3.30. The van der Waals surface area contributed by atoms with Crippen LogP contribution in [0.25, 0.3) is 0 Å². The Hall–Kier alpha value is -1.60.